The van der Waals surface area contributed by atoms with E-state index in [0.29, 0.717) is 24.9 Å². The van der Waals surface area contributed by atoms with Gasteiger partial charge in [0.2, 0.25) is 5.91 Å². The van der Waals surface area contributed by atoms with Crippen molar-refractivity contribution in [1.82, 2.24) is 4.90 Å². The molecule has 4 rings (SSSR count). The molecule has 2 N–H and O–H groups in total. The molecule has 1 aromatic carbocycles. The van der Waals surface area contributed by atoms with Gasteiger partial charge in [-0.2, -0.15) is 0 Å². The second kappa shape index (κ2) is 6.38. The van der Waals surface area contributed by atoms with E-state index in [0.717, 1.165) is 25.7 Å². The first kappa shape index (κ1) is 17.5. The Kier molecular flexibility index (Phi) is 4.30. The summed E-state index contributed by atoms with van der Waals surface area (Å²) >= 11 is 0. The highest BCUT2D eigenvalue weighted by Crippen LogP contribution is 2.58. The Labute approximate surface area is 154 Å². The maximum atomic E-state index is 13.6. The van der Waals surface area contributed by atoms with Crippen LogP contribution in [-0.2, 0) is 16.0 Å². The van der Waals surface area contributed by atoms with Crippen LogP contribution < -0.4 is 0 Å². The first-order valence-corrected chi connectivity index (χ1v) is 9.72. The molecule has 0 aromatic heterocycles. The maximum Gasteiger partial charge on any atom is 0.335 e. The topological polar surface area (TPSA) is 77.8 Å². The van der Waals surface area contributed by atoms with E-state index in [1.165, 1.54) is 12.0 Å². The van der Waals surface area contributed by atoms with Crippen LogP contribution in [0.25, 0.3) is 0 Å². The molecule has 3 aliphatic rings. The summed E-state index contributed by atoms with van der Waals surface area (Å²) < 4.78 is 0. The highest BCUT2D eigenvalue weighted by atomic mass is 16.4. The summed E-state index contributed by atoms with van der Waals surface area (Å²) in [7, 11) is 0. The lowest BCUT2D eigenvalue weighted by atomic mass is 9.68. The van der Waals surface area contributed by atoms with Gasteiger partial charge in [0, 0.05) is 25.9 Å². The minimum Gasteiger partial charge on any atom is -0.479 e. The van der Waals surface area contributed by atoms with Gasteiger partial charge in [0.25, 0.3) is 0 Å². The summed E-state index contributed by atoms with van der Waals surface area (Å²) in [5, 5.41) is 19.4. The van der Waals surface area contributed by atoms with Crippen LogP contribution in [0.4, 0.5) is 0 Å². The Morgan fingerprint density at radius 1 is 1.12 bits per heavy atom. The van der Waals surface area contributed by atoms with Crippen molar-refractivity contribution >= 4 is 11.9 Å². The predicted octanol–water partition coefficient (Wildman–Crippen LogP) is 2.47. The van der Waals surface area contributed by atoms with Gasteiger partial charge in [-0.25, -0.2) is 4.79 Å². The molecule has 0 spiro atoms. The third kappa shape index (κ3) is 2.82. The summed E-state index contributed by atoms with van der Waals surface area (Å²) in [6, 6.07) is 10.2. The van der Waals surface area contributed by atoms with E-state index >= 15 is 0 Å². The lowest BCUT2D eigenvalue weighted by Gasteiger charge is -2.43. The number of carboxylic acid groups (broad SMARTS) is 1. The van der Waals surface area contributed by atoms with Gasteiger partial charge in [0.05, 0.1) is 5.41 Å². The fourth-order valence-electron chi connectivity index (χ4n) is 5.57. The van der Waals surface area contributed by atoms with Gasteiger partial charge < -0.3 is 15.1 Å². The van der Waals surface area contributed by atoms with Crippen LogP contribution in [0.2, 0.25) is 0 Å². The van der Waals surface area contributed by atoms with E-state index in [1.54, 1.807) is 0 Å². The number of likely N-dealkylation sites (tertiary alicyclic amines) is 1. The number of carbonyl (C=O) groups excluding carboxylic acids is 1. The van der Waals surface area contributed by atoms with Crippen LogP contribution in [0.1, 0.15) is 44.1 Å². The highest BCUT2D eigenvalue weighted by Gasteiger charge is 2.57. The van der Waals surface area contributed by atoms with Crippen molar-refractivity contribution in [2.45, 2.75) is 50.5 Å². The molecule has 1 amide bonds. The number of nitrogens with zero attached hydrogens (tertiary/aromatic N) is 1. The van der Waals surface area contributed by atoms with Crippen LogP contribution in [0, 0.1) is 17.3 Å². The van der Waals surface area contributed by atoms with E-state index in [1.807, 2.05) is 23.1 Å². The highest BCUT2D eigenvalue weighted by molar-refractivity contribution is 5.85. The fourth-order valence-corrected chi connectivity index (χ4v) is 5.57. The SMILES string of the molecule is O=C(O)C1(O)CCN(C(=O)C2(Cc3ccccc3)CC3CCC2C3)CC1. The van der Waals surface area contributed by atoms with Crippen molar-refractivity contribution in [2.75, 3.05) is 13.1 Å². The number of hydrogen-bond donors (Lipinski definition) is 2. The molecule has 2 bridgehead atoms. The Morgan fingerprint density at radius 2 is 1.81 bits per heavy atom. The number of carbonyl (C=O) groups is 2. The average Bonchev–Trinajstić information content (AvgIpc) is 3.24. The molecule has 5 nitrogen and oxygen atoms in total. The molecular weight excluding hydrogens is 330 g/mol. The fraction of sp³-hybridized carbons (Fsp3) is 0.619. The van der Waals surface area contributed by atoms with Crippen molar-refractivity contribution in [3.63, 3.8) is 0 Å². The number of carboxylic acids is 1. The van der Waals surface area contributed by atoms with Crippen molar-refractivity contribution in [1.29, 1.82) is 0 Å². The minimum absolute atomic E-state index is 0.115. The number of benzene rings is 1. The van der Waals surface area contributed by atoms with Gasteiger partial charge >= 0.3 is 5.97 Å². The van der Waals surface area contributed by atoms with Crippen LogP contribution >= 0.6 is 0 Å². The number of fused-ring (bicyclic) bond motifs is 2. The number of aliphatic carboxylic acids is 1. The number of piperidine rings is 1. The molecule has 1 heterocycles. The molecule has 140 valence electrons. The normalized spacial score (nSPS) is 32.6. The molecule has 0 radical (unpaired) electrons. The zero-order chi connectivity index (χ0) is 18.4. The van der Waals surface area contributed by atoms with Crippen molar-refractivity contribution in [3.05, 3.63) is 35.9 Å². The Hall–Kier alpha value is -1.88. The Morgan fingerprint density at radius 3 is 2.35 bits per heavy atom. The van der Waals surface area contributed by atoms with Crippen molar-refractivity contribution in [2.24, 2.45) is 17.3 Å². The lowest BCUT2D eigenvalue weighted by molar-refractivity contribution is -0.167. The summed E-state index contributed by atoms with van der Waals surface area (Å²) in [5.41, 5.74) is -0.825. The standard InChI is InChI=1S/C21H27NO4/c23-18(22-10-8-21(26,9-11-22)19(24)25)20(13-15-4-2-1-3-5-15)14-16-6-7-17(20)12-16/h1-5,16-17,26H,6-14H2,(H,24,25). The van der Waals surface area contributed by atoms with Gasteiger partial charge in [0.15, 0.2) is 5.60 Å². The second-order valence-electron chi connectivity index (χ2n) is 8.53. The minimum atomic E-state index is -1.68. The van der Waals surface area contributed by atoms with Gasteiger partial charge in [-0.3, -0.25) is 4.79 Å². The van der Waals surface area contributed by atoms with Crippen LogP contribution in [-0.4, -0.2) is 45.7 Å². The molecule has 1 aliphatic heterocycles. The van der Waals surface area contributed by atoms with Crippen LogP contribution in [0.5, 0.6) is 0 Å². The molecule has 3 atom stereocenters. The molecule has 3 fully saturated rings. The molecular formula is C21H27NO4. The van der Waals surface area contributed by atoms with Crippen molar-refractivity contribution in [3.8, 4) is 0 Å². The second-order valence-corrected chi connectivity index (χ2v) is 8.53. The summed E-state index contributed by atoms with van der Waals surface area (Å²) in [6.45, 7) is 0.658. The zero-order valence-corrected chi connectivity index (χ0v) is 15.1. The zero-order valence-electron chi connectivity index (χ0n) is 15.1. The van der Waals surface area contributed by atoms with Crippen LogP contribution in [0.3, 0.4) is 0 Å². The summed E-state index contributed by atoms with van der Waals surface area (Å²) in [6.07, 6.45) is 5.45. The third-order valence-corrected chi connectivity index (χ3v) is 7.04. The first-order chi connectivity index (χ1) is 12.4. The molecule has 2 saturated carbocycles. The third-order valence-electron chi connectivity index (χ3n) is 7.04. The van der Waals surface area contributed by atoms with Crippen molar-refractivity contribution < 1.29 is 19.8 Å². The molecule has 1 saturated heterocycles. The van der Waals surface area contributed by atoms with Gasteiger partial charge in [-0.15, -0.1) is 0 Å². The van der Waals surface area contributed by atoms with E-state index in [4.69, 9.17) is 0 Å². The molecule has 2 aliphatic carbocycles. The maximum absolute atomic E-state index is 13.6. The van der Waals surface area contributed by atoms with Gasteiger partial charge in [-0.1, -0.05) is 36.8 Å². The van der Waals surface area contributed by atoms with Gasteiger partial charge in [0.1, 0.15) is 0 Å². The monoisotopic (exact) mass is 357 g/mol. The largest absolute Gasteiger partial charge is 0.479 e. The van der Waals surface area contributed by atoms with E-state index in [-0.39, 0.29) is 24.2 Å². The molecule has 3 unspecified atom stereocenters. The summed E-state index contributed by atoms with van der Waals surface area (Å²) in [4.78, 5) is 26.7. The predicted molar refractivity (Wildman–Crippen MR) is 96.4 cm³/mol. The van der Waals surface area contributed by atoms with E-state index in [2.05, 4.69) is 12.1 Å². The smallest absolute Gasteiger partial charge is 0.335 e. The number of aliphatic hydroxyl groups is 1. The summed E-state index contributed by atoms with van der Waals surface area (Å²) in [5.74, 6) is 0.0819. The van der Waals surface area contributed by atoms with E-state index in [9.17, 15) is 19.8 Å². The molecule has 1 aromatic rings. The first-order valence-electron chi connectivity index (χ1n) is 9.72. The Balaban J connectivity index is 1.55. The van der Waals surface area contributed by atoms with Crippen LogP contribution in [0.15, 0.2) is 30.3 Å². The quantitative estimate of drug-likeness (QED) is 0.868. The average molecular weight is 357 g/mol. The number of hydrogen-bond acceptors (Lipinski definition) is 3. The molecule has 5 heteroatoms. The van der Waals surface area contributed by atoms with E-state index < -0.39 is 11.6 Å². The number of amides is 1. The molecule has 26 heavy (non-hydrogen) atoms. The Bertz CT molecular complexity index is 695. The lowest BCUT2D eigenvalue weighted by Crippen LogP contribution is -2.55. The number of rotatable bonds is 4. The van der Waals surface area contributed by atoms with Gasteiger partial charge in [-0.05, 0) is 43.1 Å².